The summed E-state index contributed by atoms with van der Waals surface area (Å²) in [7, 11) is 0. The first kappa shape index (κ1) is 20.4. The van der Waals surface area contributed by atoms with Gasteiger partial charge in [-0.15, -0.1) is 0 Å². The van der Waals surface area contributed by atoms with Crippen LogP contribution in [0, 0.1) is 0 Å². The summed E-state index contributed by atoms with van der Waals surface area (Å²) in [6, 6.07) is 5.10. The van der Waals surface area contributed by atoms with Crippen LogP contribution in [0.5, 0.6) is 11.5 Å². The Kier molecular flexibility index (Phi) is 6.33. The van der Waals surface area contributed by atoms with Crippen LogP contribution in [0.3, 0.4) is 0 Å². The van der Waals surface area contributed by atoms with Crippen molar-refractivity contribution in [3.8, 4) is 11.5 Å². The molecular formula is C14H6Cl2F6O2Zr. The molecule has 0 radical (unpaired) electrons. The first-order valence-corrected chi connectivity index (χ1v) is 9.07. The third kappa shape index (κ3) is 5.53. The van der Waals surface area contributed by atoms with Crippen molar-refractivity contribution in [2.24, 2.45) is 0 Å². The normalized spacial score (nSPS) is 12.0. The summed E-state index contributed by atoms with van der Waals surface area (Å²) >= 11 is 9.28. The van der Waals surface area contributed by atoms with Crippen molar-refractivity contribution in [2.45, 2.75) is 12.4 Å². The van der Waals surface area contributed by atoms with E-state index in [1.807, 2.05) is 0 Å². The van der Waals surface area contributed by atoms with Crippen molar-refractivity contribution >= 4 is 23.2 Å². The fraction of sp³-hybridized carbons (Fsp3) is 0.143. The van der Waals surface area contributed by atoms with Crippen LogP contribution in [0.2, 0.25) is 10.0 Å². The van der Waals surface area contributed by atoms with Gasteiger partial charge in [-0.1, -0.05) is 0 Å². The van der Waals surface area contributed by atoms with Crippen molar-refractivity contribution in [1.82, 2.24) is 0 Å². The Morgan fingerprint density at radius 3 is 1.32 bits per heavy atom. The van der Waals surface area contributed by atoms with Crippen LogP contribution in [0.25, 0.3) is 0 Å². The van der Waals surface area contributed by atoms with E-state index in [4.69, 9.17) is 28.8 Å². The number of hydrogen-bond acceptors (Lipinski definition) is 2. The Morgan fingerprint density at radius 1 is 0.680 bits per heavy atom. The molecule has 134 valence electrons. The van der Waals surface area contributed by atoms with Gasteiger partial charge in [-0.05, 0) is 0 Å². The summed E-state index contributed by atoms with van der Waals surface area (Å²) < 4.78 is 85.6. The van der Waals surface area contributed by atoms with Gasteiger partial charge in [0.1, 0.15) is 0 Å². The Morgan fingerprint density at radius 2 is 1.04 bits per heavy atom. The molecule has 0 spiro atoms. The topological polar surface area (TPSA) is 18.5 Å². The van der Waals surface area contributed by atoms with Crippen LogP contribution in [0.1, 0.15) is 11.1 Å². The molecule has 0 fully saturated rings. The predicted molar refractivity (Wildman–Crippen MR) is 74.2 cm³/mol. The number of rotatable bonds is 4. The van der Waals surface area contributed by atoms with Gasteiger partial charge in [0, 0.05) is 0 Å². The van der Waals surface area contributed by atoms with Gasteiger partial charge < -0.3 is 0 Å². The summed E-state index contributed by atoms with van der Waals surface area (Å²) in [5.74, 6) is -0.0198. The zero-order chi connectivity index (χ0) is 18.8. The summed E-state index contributed by atoms with van der Waals surface area (Å²) in [4.78, 5) is 0. The molecule has 0 bridgehead atoms. The summed E-state index contributed by atoms with van der Waals surface area (Å²) in [6.07, 6.45) is -9.07. The fourth-order valence-corrected chi connectivity index (χ4v) is 3.81. The summed E-state index contributed by atoms with van der Waals surface area (Å²) in [5.41, 5.74) is -1.86. The van der Waals surface area contributed by atoms with E-state index in [-0.39, 0.29) is 21.5 Å². The standard InChI is InChI=1S/2C7H4ClF3O.Zr/c2*8-5-3-4(7(9,10)11)1-2-6(5)12;/h2*1-3,12H;/q;;+2/p-2. The van der Waals surface area contributed by atoms with E-state index in [0.717, 1.165) is 24.3 Å². The molecule has 2 aromatic carbocycles. The number of hydrogen-bond donors (Lipinski definition) is 0. The van der Waals surface area contributed by atoms with Crippen molar-refractivity contribution in [1.29, 1.82) is 0 Å². The molecule has 0 saturated heterocycles. The second-order valence-electron chi connectivity index (χ2n) is 4.57. The molecule has 2 aromatic rings. The molecule has 0 atom stereocenters. The van der Waals surface area contributed by atoms with Crippen LogP contribution >= 0.6 is 23.2 Å². The average Bonchev–Trinajstić information content (AvgIpc) is 2.48. The van der Waals surface area contributed by atoms with Crippen LogP contribution < -0.4 is 5.63 Å². The molecule has 2 nitrogen and oxygen atoms in total. The molecule has 0 aliphatic rings. The van der Waals surface area contributed by atoms with Gasteiger partial charge in [-0.25, -0.2) is 0 Å². The third-order valence-electron chi connectivity index (χ3n) is 2.82. The molecule has 11 heteroatoms. The molecule has 0 saturated carbocycles. The molecule has 0 aliphatic heterocycles. The number of alkyl halides is 6. The minimum atomic E-state index is -4.54. The van der Waals surface area contributed by atoms with Crippen LogP contribution in [-0.4, -0.2) is 0 Å². The van der Waals surface area contributed by atoms with E-state index >= 15 is 0 Å². The average molecular weight is 482 g/mol. The van der Waals surface area contributed by atoms with Crippen LogP contribution in [-0.2, 0) is 36.5 Å². The second-order valence-corrected chi connectivity index (χ2v) is 6.80. The first-order valence-electron chi connectivity index (χ1n) is 6.30. The monoisotopic (exact) mass is 480 g/mol. The van der Waals surface area contributed by atoms with Crippen LogP contribution in [0.4, 0.5) is 26.3 Å². The van der Waals surface area contributed by atoms with Crippen molar-refractivity contribution in [3.05, 3.63) is 57.6 Å². The third-order valence-corrected chi connectivity index (χ3v) is 4.90. The maximum atomic E-state index is 12.5. The van der Waals surface area contributed by atoms with Gasteiger partial charge in [-0.2, -0.15) is 0 Å². The Hall–Kier alpha value is -0.917. The molecule has 0 heterocycles. The van der Waals surface area contributed by atoms with Crippen molar-refractivity contribution in [2.75, 3.05) is 0 Å². The Balaban J connectivity index is 2.02. The molecule has 0 aliphatic carbocycles. The molecule has 25 heavy (non-hydrogen) atoms. The molecule has 0 amide bonds. The number of benzene rings is 2. The van der Waals surface area contributed by atoms with Gasteiger partial charge in [-0.3, -0.25) is 0 Å². The zero-order valence-electron chi connectivity index (χ0n) is 11.8. The van der Waals surface area contributed by atoms with Crippen molar-refractivity contribution in [3.63, 3.8) is 0 Å². The quantitative estimate of drug-likeness (QED) is 0.470. The number of halogens is 8. The molecular weight excluding hydrogens is 476 g/mol. The van der Waals surface area contributed by atoms with Gasteiger partial charge in [0.2, 0.25) is 0 Å². The van der Waals surface area contributed by atoms with E-state index in [9.17, 15) is 26.3 Å². The summed E-state index contributed by atoms with van der Waals surface area (Å²) in [5, 5.41) is -0.504. The molecule has 0 unspecified atom stereocenters. The van der Waals surface area contributed by atoms with Crippen molar-refractivity contribution < 1.29 is 56.1 Å². The fourth-order valence-electron chi connectivity index (χ4n) is 1.63. The van der Waals surface area contributed by atoms with E-state index in [1.54, 1.807) is 0 Å². The van der Waals surface area contributed by atoms with E-state index in [2.05, 4.69) is 0 Å². The van der Waals surface area contributed by atoms with E-state index < -0.39 is 47.6 Å². The van der Waals surface area contributed by atoms with Gasteiger partial charge in [0.05, 0.1) is 0 Å². The van der Waals surface area contributed by atoms with Gasteiger partial charge >= 0.3 is 161 Å². The summed E-state index contributed by atoms with van der Waals surface area (Å²) in [6.45, 7) is 0. The second kappa shape index (κ2) is 7.76. The molecule has 0 aromatic heterocycles. The minimum absolute atomic E-state index is 0.00991. The van der Waals surface area contributed by atoms with Gasteiger partial charge in [0.25, 0.3) is 0 Å². The van der Waals surface area contributed by atoms with Crippen LogP contribution in [0.15, 0.2) is 36.4 Å². The van der Waals surface area contributed by atoms with E-state index in [0.29, 0.717) is 12.1 Å². The van der Waals surface area contributed by atoms with E-state index in [1.165, 1.54) is 0 Å². The Labute approximate surface area is 160 Å². The first-order chi connectivity index (χ1) is 11.5. The van der Waals surface area contributed by atoms with Gasteiger partial charge in [0.15, 0.2) is 0 Å². The zero-order valence-corrected chi connectivity index (χ0v) is 15.8. The molecule has 2 rings (SSSR count). The predicted octanol–water partition coefficient (Wildman–Crippen LogP) is 6.40. The molecule has 0 N–H and O–H groups in total. The Bertz CT molecular complexity index is 700. The maximum absolute atomic E-state index is 12.5. The SMILES string of the molecule is FC(F)(F)c1ccc([O][Zr][O]c2ccc(C(F)(F)F)cc2Cl)c(Cl)c1.